The van der Waals surface area contributed by atoms with Crippen molar-refractivity contribution in [3.63, 3.8) is 0 Å². The van der Waals surface area contributed by atoms with Gasteiger partial charge in [-0.2, -0.15) is 0 Å². The number of hydrogen-bond acceptors (Lipinski definition) is 6. The number of H-pyrrole nitrogens is 1. The molecule has 0 spiro atoms. The average Bonchev–Trinajstić information content (AvgIpc) is 3.29. The summed E-state index contributed by atoms with van der Waals surface area (Å²) in [5.74, 6) is 0.583. The van der Waals surface area contributed by atoms with Gasteiger partial charge in [-0.1, -0.05) is 12.1 Å². The molecule has 1 atom stereocenters. The van der Waals surface area contributed by atoms with E-state index in [9.17, 15) is 14.4 Å². The minimum atomic E-state index is -0.610. The number of benzene rings is 1. The Hall–Kier alpha value is -4.01. The van der Waals surface area contributed by atoms with Crippen LogP contribution < -0.4 is 5.32 Å². The molecule has 194 valence electrons. The minimum Gasteiger partial charge on any atom is -0.444 e. The highest BCUT2D eigenvalue weighted by Gasteiger charge is 2.34. The summed E-state index contributed by atoms with van der Waals surface area (Å²) in [5.41, 5.74) is 2.39. The molecule has 2 aromatic heterocycles. The van der Waals surface area contributed by atoms with Gasteiger partial charge in [0.05, 0.1) is 11.7 Å². The molecule has 0 saturated carbocycles. The number of Topliss-reactive ketones (excluding diaryl/α,β-unsaturated/α-hetero) is 1. The molecular formula is C28H33N5O4. The maximum absolute atomic E-state index is 12.9. The molecule has 1 aliphatic rings. The third-order valence-electron chi connectivity index (χ3n) is 6.10. The van der Waals surface area contributed by atoms with Crippen molar-refractivity contribution in [3.05, 3.63) is 65.2 Å². The van der Waals surface area contributed by atoms with Crippen molar-refractivity contribution in [1.82, 2.24) is 19.9 Å². The fourth-order valence-electron chi connectivity index (χ4n) is 4.34. The van der Waals surface area contributed by atoms with Crippen LogP contribution in [0.5, 0.6) is 0 Å². The molecule has 9 nitrogen and oxygen atoms in total. The summed E-state index contributed by atoms with van der Waals surface area (Å²) >= 11 is 0. The predicted octanol–water partition coefficient (Wildman–Crippen LogP) is 5.70. The zero-order valence-corrected chi connectivity index (χ0v) is 21.9. The molecule has 3 heterocycles. The quantitative estimate of drug-likeness (QED) is 0.432. The van der Waals surface area contributed by atoms with Gasteiger partial charge in [-0.05, 0) is 76.8 Å². The van der Waals surface area contributed by atoms with Crippen molar-refractivity contribution >= 4 is 23.6 Å². The molecule has 2 amide bonds. The van der Waals surface area contributed by atoms with Crippen molar-refractivity contribution in [3.8, 4) is 11.3 Å². The van der Waals surface area contributed by atoms with Gasteiger partial charge >= 0.3 is 6.09 Å². The molecule has 9 heteroatoms. The van der Waals surface area contributed by atoms with Gasteiger partial charge in [-0.25, -0.2) is 14.8 Å². The lowest BCUT2D eigenvalue weighted by Crippen LogP contribution is -2.42. The standard InChI is InChI=1S/C28H33N5O4/c1-17-13-14-29-22(16-17)30-26(35)20-11-9-19(10-12-20)24-23(18(2)34)31-25(32-24)21-8-6-7-15-33(21)27(36)37-28(3,4)5/h9-14,16,21H,6-8,15H2,1-5H3,(H,31,32)(H,29,30,35)/t21-/m0/s1. The number of likely N-dealkylation sites (tertiary alicyclic amines) is 1. The van der Waals surface area contributed by atoms with Crippen LogP contribution in [0.4, 0.5) is 10.6 Å². The van der Waals surface area contributed by atoms with E-state index in [1.54, 1.807) is 41.4 Å². The molecule has 1 fully saturated rings. The highest BCUT2D eigenvalue weighted by molar-refractivity contribution is 6.04. The third kappa shape index (κ3) is 6.22. The number of nitrogens with zero attached hydrogens (tertiary/aromatic N) is 3. The van der Waals surface area contributed by atoms with Crippen LogP contribution in [0.1, 0.15) is 85.2 Å². The van der Waals surface area contributed by atoms with Crippen molar-refractivity contribution in [1.29, 1.82) is 0 Å². The Labute approximate surface area is 216 Å². The van der Waals surface area contributed by atoms with Crippen LogP contribution in [-0.2, 0) is 4.74 Å². The third-order valence-corrected chi connectivity index (χ3v) is 6.10. The van der Waals surface area contributed by atoms with E-state index in [4.69, 9.17) is 9.72 Å². The van der Waals surface area contributed by atoms with Crippen molar-refractivity contribution in [2.75, 3.05) is 11.9 Å². The number of aryl methyl sites for hydroxylation is 1. The highest BCUT2D eigenvalue weighted by atomic mass is 16.6. The van der Waals surface area contributed by atoms with Gasteiger partial charge in [-0.15, -0.1) is 0 Å². The second kappa shape index (κ2) is 10.5. The lowest BCUT2D eigenvalue weighted by Gasteiger charge is -2.35. The van der Waals surface area contributed by atoms with Gasteiger partial charge in [0.15, 0.2) is 5.78 Å². The Morgan fingerprint density at radius 1 is 1.11 bits per heavy atom. The molecule has 0 unspecified atom stereocenters. The number of nitrogens with one attached hydrogen (secondary N) is 2. The number of piperidine rings is 1. The Kier molecular flexibility index (Phi) is 7.42. The summed E-state index contributed by atoms with van der Waals surface area (Å²) in [7, 11) is 0. The number of imidazole rings is 1. The van der Waals surface area contributed by atoms with Crippen molar-refractivity contribution in [2.45, 2.75) is 65.5 Å². The van der Waals surface area contributed by atoms with E-state index >= 15 is 0 Å². The van der Waals surface area contributed by atoms with Crippen molar-refractivity contribution in [2.24, 2.45) is 0 Å². The fraction of sp³-hybridized carbons (Fsp3) is 0.393. The number of carbonyl (C=O) groups is 3. The van der Waals surface area contributed by atoms with E-state index in [0.29, 0.717) is 40.7 Å². The normalized spacial score (nSPS) is 15.8. The number of aromatic nitrogens is 3. The average molecular weight is 504 g/mol. The summed E-state index contributed by atoms with van der Waals surface area (Å²) in [6.07, 6.45) is 3.79. The monoisotopic (exact) mass is 503 g/mol. The van der Waals surface area contributed by atoms with Gasteiger partial charge in [0.1, 0.15) is 22.9 Å². The fourth-order valence-corrected chi connectivity index (χ4v) is 4.34. The lowest BCUT2D eigenvalue weighted by atomic mass is 10.0. The van der Waals surface area contributed by atoms with E-state index < -0.39 is 11.7 Å². The number of hydrogen-bond donors (Lipinski definition) is 2. The molecule has 1 aromatic carbocycles. The summed E-state index contributed by atoms with van der Waals surface area (Å²) in [4.78, 5) is 51.9. The number of rotatable bonds is 5. The number of pyridine rings is 1. The zero-order valence-electron chi connectivity index (χ0n) is 21.9. The summed E-state index contributed by atoms with van der Waals surface area (Å²) < 4.78 is 5.62. The first-order valence-electron chi connectivity index (χ1n) is 12.5. The number of ketones is 1. The molecule has 2 N–H and O–H groups in total. The van der Waals surface area contributed by atoms with Gasteiger partial charge in [0, 0.05) is 30.8 Å². The van der Waals surface area contributed by atoms with E-state index in [0.717, 1.165) is 24.8 Å². The Morgan fingerprint density at radius 2 is 1.84 bits per heavy atom. The van der Waals surface area contributed by atoms with E-state index in [-0.39, 0.29) is 17.7 Å². The predicted molar refractivity (Wildman–Crippen MR) is 140 cm³/mol. The summed E-state index contributed by atoms with van der Waals surface area (Å²) in [6.45, 7) is 9.48. The molecule has 3 aromatic rings. The second-order valence-corrected chi connectivity index (χ2v) is 10.3. The van der Waals surface area contributed by atoms with Gasteiger partial charge in [0.25, 0.3) is 5.91 Å². The van der Waals surface area contributed by atoms with Crippen LogP contribution in [0.15, 0.2) is 42.6 Å². The first kappa shape index (κ1) is 26.1. The first-order chi connectivity index (χ1) is 17.5. The maximum atomic E-state index is 12.9. The Balaban J connectivity index is 1.59. The topological polar surface area (TPSA) is 117 Å². The van der Waals surface area contributed by atoms with E-state index in [2.05, 4.69) is 15.3 Å². The lowest BCUT2D eigenvalue weighted by molar-refractivity contribution is 0.00853. The van der Waals surface area contributed by atoms with E-state index in [1.165, 1.54) is 6.92 Å². The molecule has 0 bridgehead atoms. The van der Waals surface area contributed by atoms with Crippen LogP contribution >= 0.6 is 0 Å². The minimum absolute atomic E-state index is 0.166. The number of ether oxygens (including phenoxy) is 1. The number of amides is 2. The van der Waals surface area contributed by atoms with Crippen LogP contribution in [-0.4, -0.2) is 49.8 Å². The van der Waals surface area contributed by atoms with Crippen LogP contribution in [0.2, 0.25) is 0 Å². The van der Waals surface area contributed by atoms with E-state index in [1.807, 2.05) is 33.8 Å². The number of carbonyl (C=O) groups excluding carboxylic acids is 3. The molecule has 37 heavy (non-hydrogen) atoms. The SMILES string of the molecule is CC(=O)c1[nH]c([C@@H]2CCCCN2C(=O)OC(C)(C)C)nc1-c1ccc(C(=O)Nc2cc(C)ccn2)cc1. The van der Waals surface area contributed by atoms with Crippen molar-refractivity contribution < 1.29 is 19.1 Å². The maximum Gasteiger partial charge on any atom is 0.410 e. The number of anilines is 1. The summed E-state index contributed by atoms with van der Waals surface area (Å²) in [5, 5.41) is 2.79. The largest absolute Gasteiger partial charge is 0.444 e. The highest BCUT2D eigenvalue weighted by Crippen LogP contribution is 2.33. The molecule has 1 aliphatic heterocycles. The van der Waals surface area contributed by atoms with Crippen LogP contribution in [0, 0.1) is 6.92 Å². The molecule has 4 rings (SSSR count). The summed E-state index contributed by atoms with van der Waals surface area (Å²) in [6, 6.07) is 10.2. The molecule has 0 aliphatic carbocycles. The molecule has 0 radical (unpaired) electrons. The number of aromatic amines is 1. The van der Waals surface area contributed by atoms with Crippen LogP contribution in [0.3, 0.4) is 0 Å². The van der Waals surface area contributed by atoms with Gasteiger partial charge < -0.3 is 15.0 Å². The second-order valence-electron chi connectivity index (χ2n) is 10.3. The Morgan fingerprint density at radius 3 is 2.49 bits per heavy atom. The van der Waals surface area contributed by atoms with Gasteiger partial charge in [0.2, 0.25) is 0 Å². The Bertz CT molecular complexity index is 1310. The zero-order chi connectivity index (χ0) is 26.7. The van der Waals surface area contributed by atoms with Crippen LogP contribution in [0.25, 0.3) is 11.3 Å². The first-order valence-corrected chi connectivity index (χ1v) is 12.5. The van der Waals surface area contributed by atoms with Gasteiger partial charge in [-0.3, -0.25) is 14.5 Å². The smallest absolute Gasteiger partial charge is 0.410 e. The molecule has 1 saturated heterocycles. The molecular weight excluding hydrogens is 470 g/mol.